The first kappa shape index (κ1) is 24.6. The third-order valence-electron chi connectivity index (χ3n) is 5.62. The number of carboxylic acid groups (broad SMARTS) is 1. The minimum atomic E-state index is -0.876. The quantitative estimate of drug-likeness (QED) is 0.594. The van der Waals surface area contributed by atoms with Gasteiger partial charge in [0, 0.05) is 25.6 Å². The number of carbonyl (C=O) groups excluding carboxylic acids is 1. The maximum absolute atomic E-state index is 12.3. The third kappa shape index (κ3) is 6.71. The van der Waals surface area contributed by atoms with E-state index in [0.29, 0.717) is 48.3 Å². The average molecular weight is 461 g/mol. The lowest BCUT2D eigenvalue weighted by atomic mass is 10.0. The van der Waals surface area contributed by atoms with E-state index in [9.17, 15) is 14.7 Å². The predicted octanol–water partition coefficient (Wildman–Crippen LogP) is 4.13. The molecule has 1 aromatic carbocycles. The SMILES string of the molecule is Cc1noc(-c2ccc(O[C@@H]3COC[C@@H](C(=O)O)C3)cc2)c1COC(=O)N(C)CCC(C)C. The van der Waals surface area contributed by atoms with Gasteiger partial charge in [0.25, 0.3) is 0 Å². The average Bonchev–Trinajstić information content (AvgIpc) is 3.16. The molecule has 1 aromatic heterocycles. The van der Waals surface area contributed by atoms with Crippen molar-refractivity contribution in [1.29, 1.82) is 0 Å². The van der Waals surface area contributed by atoms with Crippen molar-refractivity contribution in [2.75, 3.05) is 26.8 Å². The van der Waals surface area contributed by atoms with Crippen molar-refractivity contribution in [3.8, 4) is 17.1 Å². The molecule has 1 N–H and O–H groups in total. The summed E-state index contributed by atoms with van der Waals surface area (Å²) in [6.07, 6.45) is 0.599. The Morgan fingerprint density at radius 1 is 1.24 bits per heavy atom. The number of aromatic nitrogens is 1. The molecule has 2 aromatic rings. The topological polar surface area (TPSA) is 111 Å². The Morgan fingerprint density at radius 3 is 2.64 bits per heavy atom. The van der Waals surface area contributed by atoms with Crippen LogP contribution >= 0.6 is 0 Å². The van der Waals surface area contributed by atoms with Crippen molar-refractivity contribution >= 4 is 12.1 Å². The summed E-state index contributed by atoms with van der Waals surface area (Å²) in [4.78, 5) is 25.1. The van der Waals surface area contributed by atoms with E-state index in [1.165, 1.54) is 0 Å². The maximum Gasteiger partial charge on any atom is 0.409 e. The first-order valence-corrected chi connectivity index (χ1v) is 11.1. The molecule has 1 amide bonds. The molecule has 1 fully saturated rings. The Kier molecular flexibility index (Phi) is 8.32. The molecule has 9 heteroatoms. The number of carbonyl (C=O) groups is 2. The summed E-state index contributed by atoms with van der Waals surface area (Å²) in [7, 11) is 1.72. The van der Waals surface area contributed by atoms with E-state index in [4.69, 9.17) is 18.7 Å². The normalized spacial score (nSPS) is 18.2. The molecule has 2 heterocycles. The van der Waals surface area contributed by atoms with Crippen LogP contribution in [0.1, 0.15) is 37.9 Å². The summed E-state index contributed by atoms with van der Waals surface area (Å²) in [5.41, 5.74) is 2.13. The molecule has 2 atom stereocenters. The number of benzene rings is 1. The number of aryl methyl sites for hydroxylation is 1. The molecule has 9 nitrogen and oxygen atoms in total. The number of nitrogens with zero attached hydrogens (tertiary/aromatic N) is 2. The van der Waals surface area contributed by atoms with Crippen LogP contribution in [0.25, 0.3) is 11.3 Å². The van der Waals surface area contributed by atoms with Gasteiger partial charge in [-0.3, -0.25) is 4.79 Å². The van der Waals surface area contributed by atoms with Gasteiger partial charge in [-0.1, -0.05) is 19.0 Å². The molecule has 3 rings (SSSR count). The van der Waals surface area contributed by atoms with Crippen molar-refractivity contribution in [3.63, 3.8) is 0 Å². The molecule has 0 radical (unpaired) electrons. The van der Waals surface area contributed by atoms with Gasteiger partial charge in [-0.15, -0.1) is 0 Å². The first-order valence-electron chi connectivity index (χ1n) is 11.1. The second kappa shape index (κ2) is 11.2. The van der Waals surface area contributed by atoms with Crippen molar-refractivity contribution in [3.05, 3.63) is 35.5 Å². The minimum absolute atomic E-state index is 0.0593. The summed E-state index contributed by atoms with van der Waals surface area (Å²) in [6, 6.07) is 7.22. The van der Waals surface area contributed by atoms with Gasteiger partial charge in [0.05, 0.1) is 30.4 Å². The minimum Gasteiger partial charge on any atom is -0.488 e. The van der Waals surface area contributed by atoms with Gasteiger partial charge in [-0.2, -0.15) is 0 Å². The van der Waals surface area contributed by atoms with Crippen LogP contribution in [0.3, 0.4) is 0 Å². The van der Waals surface area contributed by atoms with Gasteiger partial charge < -0.3 is 28.7 Å². The summed E-state index contributed by atoms with van der Waals surface area (Å²) in [5.74, 6) is 0.204. The van der Waals surface area contributed by atoms with Crippen molar-refractivity contribution in [2.45, 2.75) is 46.3 Å². The van der Waals surface area contributed by atoms with Crippen LogP contribution in [0.4, 0.5) is 4.79 Å². The van der Waals surface area contributed by atoms with Gasteiger partial charge in [-0.05, 0) is 43.5 Å². The fraction of sp³-hybridized carbons (Fsp3) is 0.542. The van der Waals surface area contributed by atoms with E-state index in [-0.39, 0.29) is 25.4 Å². The number of hydrogen-bond acceptors (Lipinski definition) is 7. The van der Waals surface area contributed by atoms with Crippen LogP contribution in [0, 0.1) is 18.8 Å². The number of amides is 1. The lowest BCUT2D eigenvalue weighted by molar-refractivity contribution is -0.149. The standard InChI is InChI=1S/C24H32N2O7/c1-15(2)9-10-26(4)24(29)31-14-21-16(3)25-33-22(21)17-5-7-19(8-6-17)32-20-11-18(23(27)28)12-30-13-20/h5-8,15,18,20H,9-14H2,1-4H3,(H,27,28)/t18-,20-/m0/s1. The Balaban J connectivity index is 1.61. The highest BCUT2D eigenvalue weighted by molar-refractivity contribution is 5.70. The number of rotatable bonds is 9. The van der Waals surface area contributed by atoms with E-state index in [2.05, 4.69) is 19.0 Å². The van der Waals surface area contributed by atoms with Crippen molar-refractivity contribution < 1.29 is 33.4 Å². The van der Waals surface area contributed by atoms with E-state index in [0.717, 1.165) is 12.0 Å². The van der Waals surface area contributed by atoms with Gasteiger partial charge in [0.1, 0.15) is 18.5 Å². The summed E-state index contributed by atoms with van der Waals surface area (Å²) in [6.45, 7) is 7.28. The molecular formula is C24H32N2O7. The summed E-state index contributed by atoms with van der Waals surface area (Å²) in [5, 5.41) is 13.2. The maximum atomic E-state index is 12.3. The highest BCUT2D eigenvalue weighted by atomic mass is 16.6. The predicted molar refractivity (Wildman–Crippen MR) is 120 cm³/mol. The van der Waals surface area contributed by atoms with Gasteiger partial charge in [-0.25, -0.2) is 4.79 Å². The second-order valence-electron chi connectivity index (χ2n) is 8.81. The smallest absolute Gasteiger partial charge is 0.409 e. The number of ether oxygens (including phenoxy) is 3. The molecular weight excluding hydrogens is 428 g/mol. The van der Waals surface area contributed by atoms with E-state index in [1.54, 1.807) is 31.0 Å². The van der Waals surface area contributed by atoms with Crippen LogP contribution in [-0.4, -0.2) is 60.1 Å². The van der Waals surface area contributed by atoms with Crippen LogP contribution in [-0.2, 0) is 20.9 Å². The number of carboxylic acids is 1. The molecule has 33 heavy (non-hydrogen) atoms. The van der Waals surface area contributed by atoms with Crippen LogP contribution in [0.5, 0.6) is 5.75 Å². The first-order chi connectivity index (χ1) is 15.7. The molecule has 1 aliphatic rings. The van der Waals surface area contributed by atoms with Crippen molar-refractivity contribution in [2.24, 2.45) is 11.8 Å². The van der Waals surface area contributed by atoms with E-state index >= 15 is 0 Å². The van der Waals surface area contributed by atoms with E-state index in [1.807, 2.05) is 12.1 Å². The number of hydrogen-bond donors (Lipinski definition) is 1. The zero-order chi connectivity index (χ0) is 24.0. The van der Waals surface area contributed by atoms with Crippen LogP contribution in [0.15, 0.2) is 28.8 Å². The van der Waals surface area contributed by atoms with Gasteiger partial charge in [0.15, 0.2) is 5.76 Å². The van der Waals surface area contributed by atoms with Crippen molar-refractivity contribution in [1.82, 2.24) is 10.1 Å². The third-order valence-corrected chi connectivity index (χ3v) is 5.62. The van der Waals surface area contributed by atoms with Gasteiger partial charge in [0.2, 0.25) is 0 Å². The summed E-state index contributed by atoms with van der Waals surface area (Å²) < 4.78 is 22.2. The molecule has 0 aliphatic carbocycles. The Bertz CT molecular complexity index is 939. The fourth-order valence-corrected chi connectivity index (χ4v) is 3.50. The fourth-order valence-electron chi connectivity index (χ4n) is 3.50. The Hall–Kier alpha value is -3.07. The molecule has 0 unspecified atom stereocenters. The zero-order valence-electron chi connectivity index (χ0n) is 19.6. The number of aliphatic carboxylic acids is 1. The lowest BCUT2D eigenvalue weighted by Crippen LogP contribution is -2.37. The molecule has 180 valence electrons. The second-order valence-corrected chi connectivity index (χ2v) is 8.81. The Labute approximate surface area is 193 Å². The molecule has 0 spiro atoms. The monoisotopic (exact) mass is 460 g/mol. The van der Waals surface area contributed by atoms with Crippen LogP contribution < -0.4 is 4.74 Å². The largest absolute Gasteiger partial charge is 0.488 e. The molecule has 1 aliphatic heterocycles. The van der Waals surface area contributed by atoms with Gasteiger partial charge >= 0.3 is 12.1 Å². The Morgan fingerprint density at radius 2 is 1.97 bits per heavy atom. The highest BCUT2D eigenvalue weighted by Gasteiger charge is 2.29. The molecule has 0 saturated carbocycles. The lowest BCUT2D eigenvalue weighted by Gasteiger charge is -2.27. The zero-order valence-corrected chi connectivity index (χ0v) is 19.6. The van der Waals surface area contributed by atoms with Crippen LogP contribution in [0.2, 0.25) is 0 Å². The molecule has 0 bridgehead atoms. The summed E-state index contributed by atoms with van der Waals surface area (Å²) >= 11 is 0. The highest BCUT2D eigenvalue weighted by Crippen LogP contribution is 2.29. The molecule has 1 saturated heterocycles. The van der Waals surface area contributed by atoms with E-state index < -0.39 is 11.9 Å².